The highest BCUT2D eigenvalue weighted by molar-refractivity contribution is 5.87. The number of rotatable bonds is 4. The fourth-order valence-electron chi connectivity index (χ4n) is 8.58. The van der Waals surface area contributed by atoms with Crippen LogP contribution in [0, 0.1) is 28.1 Å². The molecule has 5 heteroatoms. The van der Waals surface area contributed by atoms with E-state index >= 15 is 0 Å². The van der Waals surface area contributed by atoms with Gasteiger partial charge in [-0.2, -0.15) is 0 Å². The molecule has 4 saturated carbocycles. The first kappa shape index (κ1) is 23.3. The predicted molar refractivity (Wildman–Crippen MR) is 130 cm³/mol. The molecule has 0 heterocycles. The third-order valence-corrected chi connectivity index (χ3v) is 10.3. The maximum Gasteiger partial charge on any atom is 0.331 e. The van der Waals surface area contributed by atoms with E-state index in [9.17, 15) is 19.8 Å². The average molecular weight is 465 g/mol. The van der Waals surface area contributed by atoms with Gasteiger partial charge in [-0.1, -0.05) is 50.3 Å². The minimum Gasteiger partial charge on any atom is -0.481 e. The van der Waals surface area contributed by atoms with Crippen LogP contribution in [-0.4, -0.2) is 33.9 Å². The summed E-state index contributed by atoms with van der Waals surface area (Å²) in [7, 11) is 0. The van der Waals surface area contributed by atoms with Crippen LogP contribution < -0.4 is 0 Å². The molecular weight excluding hydrogens is 428 g/mol. The molecule has 5 rings (SSSR count). The van der Waals surface area contributed by atoms with Crippen molar-refractivity contribution >= 4 is 18.0 Å². The molecule has 1 aromatic rings. The van der Waals surface area contributed by atoms with Crippen molar-refractivity contribution < 1.29 is 24.5 Å². The minimum absolute atomic E-state index is 0.110. The maximum atomic E-state index is 12.9. The van der Waals surface area contributed by atoms with Crippen molar-refractivity contribution in [2.45, 2.75) is 76.9 Å². The number of carboxylic acids is 1. The van der Waals surface area contributed by atoms with E-state index in [-0.39, 0.29) is 11.8 Å². The Balaban J connectivity index is 1.49. The highest BCUT2D eigenvalue weighted by atomic mass is 16.5. The quantitative estimate of drug-likeness (QED) is 0.355. The Kier molecular flexibility index (Phi) is 5.36. The number of hydrogen-bond acceptors (Lipinski definition) is 4. The molecule has 0 amide bonds. The minimum atomic E-state index is -1.09. The van der Waals surface area contributed by atoms with Crippen LogP contribution in [0.1, 0.15) is 70.8 Å². The van der Waals surface area contributed by atoms with Gasteiger partial charge in [0.1, 0.15) is 6.10 Å². The highest BCUT2D eigenvalue weighted by Crippen LogP contribution is 2.74. The van der Waals surface area contributed by atoms with E-state index in [0.29, 0.717) is 19.3 Å². The van der Waals surface area contributed by atoms with Crippen molar-refractivity contribution in [1.82, 2.24) is 0 Å². The fraction of sp³-hybridized carbons (Fsp3) is 0.586. The van der Waals surface area contributed by atoms with E-state index in [0.717, 1.165) is 43.2 Å². The summed E-state index contributed by atoms with van der Waals surface area (Å²) in [6.45, 7) is 8.31. The zero-order valence-corrected chi connectivity index (χ0v) is 20.3. The zero-order valence-electron chi connectivity index (χ0n) is 20.3. The van der Waals surface area contributed by atoms with Crippen LogP contribution in [0.4, 0.5) is 0 Å². The molecule has 4 aliphatic carbocycles. The summed E-state index contributed by atoms with van der Waals surface area (Å²) >= 11 is 0. The topological polar surface area (TPSA) is 83.8 Å². The van der Waals surface area contributed by atoms with E-state index in [1.807, 2.05) is 37.3 Å². The normalized spacial score (nSPS) is 43.3. The van der Waals surface area contributed by atoms with E-state index in [4.69, 9.17) is 4.74 Å². The molecule has 4 aliphatic rings. The van der Waals surface area contributed by atoms with Gasteiger partial charge < -0.3 is 14.9 Å². The van der Waals surface area contributed by atoms with Gasteiger partial charge >= 0.3 is 11.9 Å². The van der Waals surface area contributed by atoms with Crippen molar-refractivity contribution in [3.63, 3.8) is 0 Å². The van der Waals surface area contributed by atoms with Gasteiger partial charge in [0.2, 0.25) is 0 Å². The summed E-state index contributed by atoms with van der Waals surface area (Å²) < 4.78 is 6.11. The standard InChI is InChI=1S/C29H36O5/c1-19-21-12-17-29(33)27(3)15-7-14-26(2,25(31)32)22(27)13-16-28(29,18-21)24(19)34-23(30)11-10-20-8-5-4-6-9-20/h4-6,8-11,21-22,24,33H,1,7,12-18H2,2-3H3,(H,31,32)/b11-10+/t21-,22-,24+,26-,27-,28+,29-/m1/s1. The second kappa shape index (κ2) is 7.81. The van der Waals surface area contributed by atoms with Gasteiger partial charge in [0.25, 0.3) is 0 Å². The summed E-state index contributed by atoms with van der Waals surface area (Å²) in [6, 6.07) is 9.61. The Morgan fingerprint density at radius 3 is 2.53 bits per heavy atom. The second-order valence-electron chi connectivity index (χ2n) is 11.7. The lowest BCUT2D eigenvalue weighted by Gasteiger charge is -2.68. The molecule has 0 saturated heterocycles. The van der Waals surface area contributed by atoms with Crippen LogP contribution in [0.25, 0.3) is 6.08 Å². The zero-order chi connectivity index (χ0) is 24.4. The van der Waals surface area contributed by atoms with E-state index in [1.165, 1.54) is 6.08 Å². The molecule has 0 aliphatic heterocycles. The Morgan fingerprint density at radius 1 is 1.09 bits per heavy atom. The van der Waals surface area contributed by atoms with Crippen molar-refractivity contribution in [1.29, 1.82) is 0 Å². The largest absolute Gasteiger partial charge is 0.481 e. The van der Waals surface area contributed by atoms with Gasteiger partial charge in [0, 0.05) is 16.9 Å². The van der Waals surface area contributed by atoms with Gasteiger partial charge in [0.15, 0.2) is 0 Å². The summed E-state index contributed by atoms with van der Waals surface area (Å²) in [5.41, 5.74) is -1.26. The maximum absolute atomic E-state index is 12.9. The molecule has 0 unspecified atom stereocenters. The SMILES string of the molecule is C=C1[C@@H]2CC[C@]3(O)[C@@](CC[C@@H]4[C@](C)(C(=O)O)CCC[C@]43C)(C2)[C@H]1OC(=O)/C=C/c1ccccc1. The summed E-state index contributed by atoms with van der Waals surface area (Å²) in [6.07, 6.45) is 8.41. The summed E-state index contributed by atoms with van der Waals surface area (Å²) in [4.78, 5) is 25.3. The Labute approximate surface area is 201 Å². The number of carboxylic acid groups (broad SMARTS) is 1. The number of carbonyl (C=O) groups is 2. The van der Waals surface area contributed by atoms with Crippen molar-refractivity contribution in [2.75, 3.05) is 0 Å². The Morgan fingerprint density at radius 2 is 1.82 bits per heavy atom. The monoisotopic (exact) mass is 464 g/mol. The van der Waals surface area contributed by atoms with Crippen LogP contribution >= 0.6 is 0 Å². The van der Waals surface area contributed by atoms with Gasteiger partial charge in [0.05, 0.1) is 11.0 Å². The van der Waals surface area contributed by atoms with Crippen LogP contribution in [0.3, 0.4) is 0 Å². The lowest BCUT2D eigenvalue weighted by molar-refractivity contribution is -0.278. The van der Waals surface area contributed by atoms with Crippen LogP contribution in [0.5, 0.6) is 0 Å². The van der Waals surface area contributed by atoms with Crippen LogP contribution in [0.15, 0.2) is 48.6 Å². The van der Waals surface area contributed by atoms with E-state index in [2.05, 4.69) is 13.5 Å². The van der Waals surface area contributed by atoms with Crippen LogP contribution in [-0.2, 0) is 14.3 Å². The first-order valence-corrected chi connectivity index (χ1v) is 12.7. The Bertz CT molecular complexity index is 1050. The van der Waals surface area contributed by atoms with E-state index in [1.54, 1.807) is 6.08 Å². The number of ether oxygens (including phenoxy) is 1. The van der Waals surface area contributed by atoms with Gasteiger partial charge in [-0.25, -0.2) is 4.79 Å². The molecule has 7 atom stereocenters. The summed E-state index contributed by atoms with van der Waals surface area (Å²) in [5, 5.41) is 22.8. The molecule has 2 bridgehead atoms. The number of esters is 1. The number of aliphatic carboxylic acids is 1. The van der Waals surface area contributed by atoms with Gasteiger partial charge in [-0.3, -0.25) is 4.79 Å². The van der Waals surface area contributed by atoms with Crippen molar-refractivity contribution in [3.8, 4) is 0 Å². The molecule has 1 spiro atoms. The lowest BCUT2D eigenvalue weighted by Crippen LogP contribution is -2.71. The van der Waals surface area contributed by atoms with E-state index < -0.39 is 39.9 Å². The molecule has 4 fully saturated rings. The predicted octanol–water partition coefficient (Wildman–Crippen LogP) is 5.39. The first-order chi connectivity index (χ1) is 16.1. The number of fused-ring (bicyclic) bond motifs is 3. The van der Waals surface area contributed by atoms with Crippen LogP contribution in [0.2, 0.25) is 0 Å². The average Bonchev–Trinajstić information content (AvgIpc) is 3.03. The number of hydrogen-bond donors (Lipinski definition) is 2. The summed E-state index contributed by atoms with van der Waals surface area (Å²) in [5.74, 6) is -1.07. The molecule has 0 aromatic heterocycles. The molecule has 2 N–H and O–H groups in total. The Hall–Kier alpha value is -2.40. The number of carbonyl (C=O) groups excluding carboxylic acids is 1. The smallest absolute Gasteiger partial charge is 0.331 e. The molecule has 1 aromatic carbocycles. The molecule has 0 radical (unpaired) electrons. The van der Waals surface area contributed by atoms with Crippen molar-refractivity contribution in [2.24, 2.45) is 28.1 Å². The molecule has 182 valence electrons. The molecular formula is C29H36O5. The highest BCUT2D eigenvalue weighted by Gasteiger charge is 2.75. The van der Waals surface area contributed by atoms with Crippen molar-refractivity contribution in [3.05, 3.63) is 54.1 Å². The number of benzene rings is 1. The first-order valence-electron chi connectivity index (χ1n) is 12.7. The second-order valence-corrected chi connectivity index (χ2v) is 11.7. The lowest BCUT2D eigenvalue weighted by atomic mass is 9.38. The van der Waals surface area contributed by atoms with Gasteiger partial charge in [-0.05, 0) is 80.9 Å². The third kappa shape index (κ3) is 3.02. The third-order valence-electron chi connectivity index (χ3n) is 10.3. The molecule has 5 nitrogen and oxygen atoms in total. The number of aliphatic hydroxyl groups is 1. The van der Waals surface area contributed by atoms with Gasteiger partial charge in [-0.15, -0.1) is 0 Å². The molecule has 34 heavy (non-hydrogen) atoms. The fourth-order valence-corrected chi connectivity index (χ4v) is 8.58.